The van der Waals surface area contributed by atoms with E-state index in [1.807, 2.05) is 36.1 Å². The average molecular weight is 369 g/mol. The third-order valence-electron chi connectivity index (χ3n) is 5.73. The molecule has 0 aliphatic carbocycles. The Kier molecular flexibility index (Phi) is 4.91. The first-order valence-electron chi connectivity index (χ1n) is 9.70. The molecule has 1 amide bonds. The minimum atomic E-state index is -0.332. The molecule has 0 bridgehead atoms. The highest BCUT2D eigenvalue weighted by Crippen LogP contribution is 2.34. The second kappa shape index (κ2) is 7.35. The topological polar surface area (TPSA) is 58.8 Å². The Morgan fingerprint density at radius 3 is 2.63 bits per heavy atom. The predicted molar refractivity (Wildman–Crippen MR) is 101 cm³/mol. The fourth-order valence-corrected chi connectivity index (χ4v) is 4.14. The molecule has 27 heavy (non-hydrogen) atoms. The highest BCUT2D eigenvalue weighted by atomic mass is 16.6. The normalized spacial score (nSPS) is 20.8. The van der Waals surface area contributed by atoms with E-state index in [1.54, 1.807) is 0 Å². The van der Waals surface area contributed by atoms with E-state index in [0.29, 0.717) is 19.0 Å². The van der Waals surface area contributed by atoms with E-state index >= 15 is 0 Å². The summed E-state index contributed by atoms with van der Waals surface area (Å²) in [5.74, 6) is 1.19. The molecule has 2 fully saturated rings. The van der Waals surface area contributed by atoms with Crippen molar-refractivity contribution in [2.75, 3.05) is 26.2 Å². The number of hydrogen-bond donors (Lipinski definition) is 0. The maximum Gasteiger partial charge on any atom is 0.410 e. The van der Waals surface area contributed by atoms with Crippen molar-refractivity contribution in [2.24, 2.45) is 0 Å². The van der Waals surface area contributed by atoms with Crippen LogP contribution in [-0.2, 0) is 11.3 Å². The highest BCUT2D eigenvalue weighted by molar-refractivity contribution is 5.70. The summed E-state index contributed by atoms with van der Waals surface area (Å²) < 4.78 is 11.2. The van der Waals surface area contributed by atoms with Gasteiger partial charge in [-0.1, -0.05) is 42.4 Å². The zero-order valence-corrected chi connectivity index (χ0v) is 16.1. The maximum absolute atomic E-state index is 12.5. The standard InChI is InChI=1S/C21H27N3O3/c1-16(18-6-4-3-5-7-18)13-24-15-21(26-20(24)25)8-10-23(11-9-21)14-19-12-17(2)22-27-19/h3-7,12,16H,8-11,13-15H2,1-2H3/t16-/m0/s1. The van der Waals surface area contributed by atoms with Crippen molar-refractivity contribution in [3.63, 3.8) is 0 Å². The van der Waals surface area contributed by atoms with Gasteiger partial charge < -0.3 is 14.2 Å². The van der Waals surface area contributed by atoms with E-state index in [1.165, 1.54) is 5.56 Å². The summed E-state index contributed by atoms with van der Waals surface area (Å²) in [4.78, 5) is 16.7. The number of aryl methyl sites for hydroxylation is 1. The number of carbonyl (C=O) groups is 1. The lowest BCUT2D eigenvalue weighted by Gasteiger charge is -2.37. The third kappa shape index (κ3) is 4.00. The SMILES string of the molecule is Cc1cc(CN2CCC3(CC2)CN(C[C@H](C)c2ccccc2)C(=O)O3)on1. The van der Waals surface area contributed by atoms with Gasteiger partial charge in [-0.25, -0.2) is 4.79 Å². The van der Waals surface area contributed by atoms with Crippen LogP contribution in [0.25, 0.3) is 0 Å². The Balaban J connectivity index is 1.32. The minimum Gasteiger partial charge on any atom is -0.441 e. The van der Waals surface area contributed by atoms with Crippen molar-refractivity contribution < 1.29 is 14.1 Å². The molecule has 144 valence electrons. The first kappa shape index (κ1) is 18.0. The van der Waals surface area contributed by atoms with E-state index in [-0.39, 0.29) is 11.7 Å². The molecule has 0 unspecified atom stereocenters. The molecule has 6 nitrogen and oxygen atoms in total. The summed E-state index contributed by atoms with van der Waals surface area (Å²) >= 11 is 0. The van der Waals surface area contributed by atoms with Crippen molar-refractivity contribution in [2.45, 2.75) is 44.8 Å². The van der Waals surface area contributed by atoms with Gasteiger partial charge in [-0.05, 0) is 18.4 Å². The molecule has 2 aromatic rings. The molecule has 1 aromatic heterocycles. The minimum absolute atomic E-state index is 0.169. The number of carbonyl (C=O) groups excluding carboxylic acids is 1. The van der Waals surface area contributed by atoms with Crippen LogP contribution in [0.4, 0.5) is 4.79 Å². The zero-order valence-electron chi connectivity index (χ0n) is 16.1. The molecule has 2 aliphatic heterocycles. The number of likely N-dealkylation sites (tertiary alicyclic amines) is 1. The summed E-state index contributed by atoms with van der Waals surface area (Å²) in [6.07, 6.45) is 1.56. The summed E-state index contributed by atoms with van der Waals surface area (Å²) in [5.41, 5.74) is 1.83. The van der Waals surface area contributed by atoms with Crippen LogP contribution in [-0.4, -0.2) is 52.8 Å². The van der Waals surface area contributed by atoms with Crippen molar-refractivity contribution in [1.29, 1.82) is 0 Å². The van der Waals surface area contributed by atoms with E-state index < -0.39 is 0 Å². The van der Waals surface area contributed by atoms with Crippen molar-refractivity contribution in [1.82, 2.24) is 15.0 Å². The Bertz CT molecular complexity index is 781. The monoisotopic (exact) mass is 369 g/mol. The van der Waals surface area contributed by atoms with Gasteiger partial charge in [0.05, 0.1) is 18.8 Å². The second-order valence-electron chi connectivity index (χ2n) is 7.95. The maximum atomic E-state index is 12.5. The van der Waals surface area contributed by atoms with Gasteiger partial charge >= 0.3 is 6.09 Å². The Labute approximate surface area is 160 Å². The Morgan fingerprint density at radius 2 is 1.96 bits per heavy atom. The molecule has 6 heteroatoms. The summed E-state index contributed by atoms with van der Waals surface area (Å²) in [6.45, 7) is 8.05. The van der Waals surface area contributed by atoms with Crippen LogP contribution in [0.5, 0.6) is 0 Å². The predicted octanol–water partition coefficient (Wildman–Crippen LogP) is 3.57. The number of rotatable bonds is 5. The molecule has 1 atom stereocenters. The van der Waals surface area contributed by atoms with Crippen LogP contribution in [0.3, 0.4) is 0 Å². The molecule has 2 saturated heterocycles. The number of ether oxygens (including phenoxy) is 1. The lowest BCUT2D eigenvalue weighted by Crippen LogP contribution is -2.46. The molecule has 0 saturated carbocycles. The second-order valence-corrected chi connectivity index (χ2v) is 7.95. The molecule has 2 aliphatic rings. The van der Waals surface area contributed by atoms with Gasteiger partial charge in [0.15, 0.2) is 5.76 Å². The first-order valence-corrected chi connectivity index (χ1v) is 9.70. The molecule has 1 aromatic carbocycles. The van der Waals surface area contributed by atoms with Crippen LogP contribution in [0.1, 0.15) is 42.7 Å². The van der Waals surface area contributed by atoms with Gasteiger partial charge in [0, 0.05) is 38.5 Å². The molecule has 0 N–H and O–H groups in total. The number of hydrogen-bond acceptors (Lipinski definition) is 5. The van der Waals surface area contributed by atoms with Gasteiger partial charge in [-0.15, -0.1) is 0 Å². The fraction of sp³-hybridized carbons (Fsp3) is 0.524. The molecular formula is C21H27N3O3. The van der Waals surface area contributed by atoms with Gasteiger partial charge in [0.2, 0.25) is 0 Å². The molecule has 0 radical (unpaired) electrons. The van der Waals surface area contributed by atoms with E-state index in [4.69, 9.17) is 9.26 Å². The molecule has 3 heterocycles. The van der Waals surface area contributed by atoms with Gasteiger partial charge in [0.1, 0.15) is 5.60 Å². The van der Waals surface area contributed by atoms with Crippen LogP contribution >= 0.6 is 0 Å². The fourth-order valence-electron chi connectivity index (χ4n) is 4.14. The van der Waals surface area contributed by atoms with Crippen molar-refractivity contribution in [3.8, 4) is 0 Å². The third-order valence-corrected chi connectivity index (χ3v) is 5.73. The number of aromatic nitrogens is 1. The van der Waals surface area contributed by atoms with Crippen LogP contribution in [0, 0.1) is 6.92 Å². The largest absolute Gasteiger partial charge is 0.441 e. The number of amides is 1. The number of piperidine rings is 1. The van der Waals surface area contributed by atoms with E-state index in [0.717, 1.165) is 43.9 Å². The Morgan fingerprint density at radius 1 is 1.22 bits per heavy atom. The smallest absolute Gasteiger partial charge is 0.410 e. The van der Waals surface area contributed by atoms with Gasteiger partial charge in [0.25, 0.3) is 0 Å². The van der Waals surface area contributed by atoms with Crippen molar-refractivity contribution in [3.05, 3.63) is 53.4 Å². The van der Waals surface area contributed by atoms with Crippen molar-refractivity contribution >= 4 is 6.09 Å². The first-order chi connectivity index (χ1) is 13.0. The summed E-state index contributed by atoms with van der Waals surface area (Å²) in [7, 11) is 0. The van der Waals surface area contributed by atoms with E-state index in [9.17, 15) is 4.79 Å². The molecular weight excluding hydrogens is 342 g/mol. The highest BCUT2D eigenvalue weighted by Gasteiger charge is 2.47. The zero-order chi connectivity index (χ0) is 18.9. The Hall–Kier alpha value is -2.34. The van der Waals surface area contributed by atoms with Gasteiger partial charge in [-0.3, -0.25) is 4.90 Å². The van der Waals surface area contributed by atoms with Crippen LogP contribution in [0.2, 0.25) is 0 Å². The lowest BCUT2D eigenvalue weighted by atomic mass is 9.91. The van der Waals surface area contributed by atoms with Crippen LogP contribution < -0.4 is 0 Å². The quantitative estimate of drug-likeness (QED) is 0.806. The molecule has 4 rings (SSSR count). The summed E-state index contributed by atoms with van der Waals surface area (Å²) in [5, 5.41) is 3.95. The molecule has 1 spiro atoms. The lowest BCUT2D eigenvalue weighted by molar-refractivity contribution is -0.00296. The number of benzene rings is 1. The average Bonchev–Trinajstić information content (AvgIpc) is 3.21. The van der Waals surface area contributed by atoms with Crippen LogP contribution in [0.15, 0.2) is 40.9 Å². The summed E-state index contributed by atoms with van der Waals surface area (Å²) in [6, 6.07) is 12.3. The van der Waals surface area contributed by atoms with Gasteiger partial charge in [-0.2, -0.15) is 0 Å². The number of nitrogens with zero attached hydrogens (tertiary/aromatic N) is 3. The van der Waals surface area contributed by atoms with E-state index in [2.05, 4.69) is 29.1 Å².